The van der Waals surface area contributed by atoms with Gasteiger partial charge < -0.3 is 4.90 Å². The third kappa shape index (κ3) is 3.61. The molecule has 1 aromatic heterocycles. The fraction of sp³-hybridized carbons (Fsp3) is 0.500. The number of benzene rings is 1. The van der Waals surface area contributed by atoms with Crippen LogP contribution in [0.1, 0.15) is 59.9 Å². The smallest absolute Gasteiger partial charge is 0.230 e. The molecule has 2 aliphatic heterocycles. The number of carbonyl (C=O) groups excluding carboxylic acids is 1. The van der Waals surface area contributed by atoms with Crippen molar-refractivity contribution < 1.29 is 4.79 Å². The highest BCUT2D eigenvalue weighted by atomic mass is 16.2. The van der Waals surface area contributed by atoms with Crippen molar-refractivity contribution in [3.8, 4) is 0 Å². The average Bonchev–Trinajstić information content (AvgIpc) is 3.12. The molecule has 1 saturated heterocycles. The van der Waals surface area contributed by atoms with Crippen molar-refractivity contribution in [3.05, 3.63) is 58.7 Å². The maximum atomic E-state index is 13.0. The predicted molar refractivity (Wildman–Crippen MR) is 105 cm³/mol. The minimum atomic E-state index is -0.125. The van der Waals surface area contributed by atoms with Crippen LogP contribution in [-0.4, -0.2) is 45.8 Å². The Morgan fingerprint density at radius 1 is 1.22 bits per heavy atom. The summed E-state index contributed by atoms with van der Waals surface area (Å²) < 4.78 is 0. The number of rotatable bonds is 3. The summed E-state index contributed by atoms with van der Waals surface area (Å²) in [7, 11) is 2.15. The van der Waals surface area contributed by atoms with Gasteiger partial charge in [-0.1, -0.05) is 29.8 Å². The normalized spacial score (nSPS) is 21.1. The van der Waals surface area contributed by atoms with Gasteiger partial charge in [0.15, 0.2) is 0 Å². The third-order valence-corrected chi connectivity index (χ3v) is 6.03. The van der Waals surface area contributed by atoms with E-state index >= 15 is 0 Å². The van der Waals surface area contributed by atoms with Crippen molar-refractivity contribution in [2.75, 3.05) is 20.1 Å². The highest BCUT2D eigenvalue weighted by molar-refractivity contribution is 5.83. The van der Waals surface area contributed by atoms with Crippen LogP contribution in [0.5, 0.6) is 0 Å². The molecule has 27 heavy (non-hydrogen) atoms. The van der Waals surface area contributed by atoms with E-state index < -0.39 is 0 Å². The van der Waals surface area contributed by atoms with E-state index in [1.165, 1.54) is 12.0 Å². The summed E-state index contributed by atoms with van der Waals surface area (Å²) in [6.45, 7) is 6.53. The molecule has 2 aliphatic rings. The molecular formula is C22H28N4O. The summed E-state index contributed by atoms with van der Waals surface area (Å²) in [5.74, 6) is 1.00. The molecule has 1 aromatic carbocycles. The Bertz CT molecular complexity index is 833. The first-order valence-electron chi connectivity index (χ1n) is 9.93. The molecule has 0 unspecified atom stereocenters. The van der Waals surface area contributed by atoms with E-state index in [0.717, 1.165) is 48.6 Å². The molecular weight excluding hydrogens is 336 g/mol. The quantitative estimate of drug-likeness (QED) is 0.839. The molecule has 2 atom stereocenters. The molecule has 5 heteroatoms. The van der Waals surface area contributed by atoms with Crippen molar-refractivity contribution in [2.24, 2.45) is 0 Å². The van der Waals surface area contributed by atoms with Gasteiger partial charge in [0.05, 0.1) is 17.7 Å². The molecule has 1 fully saturated rings. The minimum Gasteiger partial charge on any atom is -0.337 e. The second-order valence-corrected chi connectivity index (χ2v) is 7.98. The maximum Gasteiger partial charge on any atom is 0.230 e. The number of aryl methyl sites for hydroxylation is 1. The van der Waals surface area contributed by atoms with Gasteiger partial charge in [0.2, 0.25) is 5.91 Å². The van der Waals surface area contributed by atoms with E-state index in [0.29, 0.717) is 12.6 Å². The zero-order valence-electron chi connectivity index (χ0n) is 16.5. The van der Waals surface area contributed by atoms with Gasteiger partial charge in [0, 0.05) is 31.3 Å². The SMILES string of the molecule is Cc1ccc([C@@H](C)C(=O)N2CCc3nc([C@H]4CCCN4C)ncc3C2)cc1. The zero-order valence-corrected chi connectivity index (χ0v) is 16.5. The molecule has 0 radical (unpaired) electrons. The number of hydrogen-bond acceptors (Lipinski definition) is 4. The van der Waals surface area contributed by atoms with E-state index in [4.69, 9.17) is 4.98 Å². The second-order valence-electron chi connectivity index (χ2n) is 7.98. The monoisotopic (exact) mass is 364 g/mol. The lowest BCUT2D eigenvalue weighted by molar-refractivity contribution is -0.133. The number of nitrogens with zero attached hydrogens (tertiary/aromatic N) is 4. The van der Waals surface area contributed by atoms with Crippen LogP contribution in [0.15, 0.2) is 30.5 Å². The van der Waals surface area contributed by atoms with Gasteiger partial charge in [-0.25, -0.2) is 9.97 Å². The van der Waals surface area contributed by atoms with Crippen LogP contribution in [0, 0.1) is 6.92 Å². The number of aromatic nitrogens is 2. The first-order valence-corrected chi connectivity index (χ1v) is 9.93. The number of likely N-dealkylation sites (tertiary alicyclic amines) is 1. The number of hydrogen-bond donors (Lipinski definition) is 0. The van der Waals surface area contributed by atoms with Crippen LogP contribution >= 0.6 is 0 Å². The van der Waals surface area contributed by atoms with Crippen molar-refractivity contribution >= 4 is 5.91 Å². The lowest BCUT2D eigenvalue weighted by Gasteiger charge is -2.31. The fourth-order valence-electron chi connectivity index (χ4n) is 4.19. The third-order valence-electron chi connectivity index (χ3n) is 6.03. The number of amides is 1. The lowest BCUT2D eigenvalue weighted by atomic mass is 9.97. The Labute approximate surface area is 161 Å². The highest BCUT2D eigenvalue weighted by Crippen LogP contribution is 2.29. The standard InChI is InChI=1S/C22H28N4O/c1-15-6-8-17(9-7-15)16(2)22(27)26-12-10-19-18(14-26)13-23-21(24-19)20-5-4-11-25(20)3/h6-9,13,16,20H,4-5,10-12,14H2,1-3H3/t16-,20-/m1/s1. The molecule has 0 saturated carbocycles. The Morgan fingerprint density at radius 3 is 2.70 bits per heavy atom. The zero-order chi connectivity index (χ0) is 19.0. The summed E-state index contributed by atoms with van der Waals surface area (Å²) >= 11 is 0. The van der Waals surface area contributed by atoms with Gasteiger partial charge >= 0.3 is 0 Å². The molecule has 2 aromatic rings. The van der Waals surface area contributed by atoms with Gasteiger partial charge in [-0.2, -0.15) is 0 Å². The maximum absolute atomic E-state index is 13.0. The lowest BCUT2D eigenvalue weighted by Crippen LogP contribution is -2.39. The summed E-state index contributed by atoms with van der Waals surface area (Å²) in [4.78, 5) is 26.8. The molecule has 5 nitrogen and oxygen atoms in total. The van der Waals surface area contributed by atoms with E-state index in [1.807, 2.05) is 18.0 Å². The molecule has 0 N–H and O–H groups in total. The van der Waals surface area contributed by atoms with Crippen LogP contribution < -0.4 is 0 Å². The molecule has 0 bridgehead atoms. The highest BCUT2D eigenvalue weighted by Gasteiger charge is 2.29. The van der Waals surface area contributed by atoms with E-state index in [9.17, 15) is 4.79 Å². The fourth-order valence-corrected chi connectivity index (χ4v) is 4.19. The van der Waals surface area contributed by atoms with E-state index in [1.54, 1.807) is 0 Å². The van der Waals surface area contributed by atoms with Crippen molar-refractivity contribution in [3.63, 3.8) is 0 Å². The van der Waals surface area contributed by atoms with Crippen LogP contribution in [-0.2, 0) is 17.8 Å². The molecule has 1 amide bonds. The molecule has 0 aliphatic carbocycles. The van der Waals surface area contributed by atoms with Gasteiger partial charge in [0.1, 0.15) is 5.82 Å². The second kappa shape index (κ2) is 7.39. The molecule has 3 heterocycles. The first kappa shape index (κ1) is 18.1. The van der Waals surface area contributed by atoms with Gasteiger partial charge in [-0.05, 0) is 45.8 Å². The Balaban J connectivity index is 1.48. The van der Waals surface area contributed by atoms with Gasteiger partial charge in [-0.15, -0.1) is 0 Å². The van der Waals surface area contributed by atoms with Crippen LogP contribution in [0.3, 0.4) is 0 Å². The summed E-state index contributed by atoms with van der Waals surface area (Å²) in [6, 6.07) is 8.60. The minimum absolute atomic E-state index is 0.125. The van der Waals surface area contributed by atoms with Gasteiger partial charge in [-0.3, -0.25) is 9.69 Å². The number of carbonyl (C=O) groups is 1. The topological polar surface area (TPSA) is 49.3 Å². The van der Waals surface area contributed by atoms with E-state index in [2.05, 4.69) is 48.1 Å². The first-order chi connectivity index (χ1) is 13.0. The molecule has 4 rings (SSSR count). The predicted octanol–water partition coefficient (Wildman–Crippen LogP) is 3.24. The summed E-state index contributed by atoms with van der Waals surface area (Å²) in [5, 5.41) is 0. The summed E-state index contributed by atoms with van der Waals surface area (Å²) in [6.07, 6.45) is 5.10. The van der Waals surface area contributed by atoms with Crippen LogP contribution in [0.4, 0.5) is 0 Å². The van der Waals surface area contributed by atoms with Crippen molar-refractivity contribution in [1.29, 1.82) is 0 Å². The average molecular weight is 364 g/mol. The Hall–Kier alpha value is -2.27. The Kier molecular flexibility index (Phi) is 4.96. The molecule has 142 valence electrons. The van der Waals surface area contributed by atoms with Crippen molar-refractivity contribution in [1.82, 2.24) is 19.8 Å². The van der Waals surface area contributed by atoms with E-state index in [-0.39, 0.29) is 11.8 Å². The van der Waals surface area contributed by atoms with Crippen LogP contribution in [0.25, 0.3) is 0 Å². The van der Waals surface area contributed by atoms with Crippen LogP contribution in [0.2, 0.25) is 0 Å². The summed E-state index contributed by atoms with van der Waals surface area (Å²) in [5.41, 5.74) is 4.50. The molecule has 0 spiro atoms. The van der Waals surface area contributed by atoms with Gasteiger partial charge in [0.25, 0.3) is 0 Å². The van der Waals surface area contributed by atoms with Crippen molar-refractivity contribution in [2.45, 2.75) is 51.6 Å². The number of fused-ring (bicyclic) bond motifs is 1. The Morgan fingerprint density at radius 2 is 2.00 bits per heavy atom. The largest absolute Gasteiger partial charge is 0.337 e.